The highest BCUT2D eigenvalue weighted by molar-refractivity contribution is 7.98. The van der Waals surface area contributed by atoms with E-state index in [0.29, 0.717) is 42.9 Å². The Morgan fingerprint density at radius 1 is 1.47 bits per heavy atom. The largest absolute Gasteiger partial charge is 0.383 e. The van der Waals surface area contributed by atoms with Crippen LogP contribution >= 0.6 is 11.8 Å². The number of carbonyl (C=O) groups is 1. The zero-order valence-electron chi connectivity index (χ0n) is 11.1. The van der Waals surface area contributed by atoms with Crippen LogP contribution in [0.15, 0.2) is 11.2 Å². The van der Waals surface area contributed by atoms with Crippen molar-refractivity contribution in [1.29, 1.82) is 0 Å². The van der Waals surface area contributed by atoms with Gasteiger partial charge >= 0.3 is 0 Å². The smallest absolute Gasteiger partial charge is 0.221 e. The average Bonchev–Trinajstić information content (AvgIpc) is 2.38. The summed E-state index contributed by atoms with van der Waals surface area (Å²) < 4.78 is 4.84. The molecule has 0 saturated heterocycles. The van der Waals surface area contributed by atoms with Crippen molar-refractivity contribution < 1.29 is 9.53 Å². The van der Waals surface area contributed by atoms with Crippen LogP contribution in [0, 0.1) is 0 Å². The number of methoxy groups -OCH3 is 1. The first-order valence-electron chi connectivity index (χ1n) is 5.83. The van der Waals surface area contributed by atoms with Gasteiger partial charge in [-0.05, 0) is 6.26 Å². The summed E-state index contributed by atoms with van der Waals surface area (Å²) >= 11 is 1.42. The molecule has 0 aliphatic rings. The number of nitrogens with two attached hydrogens (primary N) is 1. The number of rotatable bonds is 8. The lowest BCUT2D eigenvalue weighted by molar-refractivity contribution is -0.121. The third-order valence-corrected chi connectivity index (χ3v) is 2.74. The van der Waals surface area contributed by atoms with Gasteiger partial charge < -0.3 is 21.1 Å². The molecule has 0 unspecified atom stereocenters. The van der Waals surface area contributed by atoms with Crippen LogP contribution in [0.2, 0.25) is 0 Å². The van der Waals surface area contributed by atoms with Gasteiger partial charge in [0.1, 0.15) is 11.6 Å². The summed E-state index contributed by atoms with van der Waals surface area (Å²) in [5.41, 5.74) is 5.65. The first-order valence-corrected chi connectivity index (χ1v) is 7.06. The van der Waals surface area contributed by atoms with E-state index < -0.39 is 0 Å². The molecule has 7 nitrogen and oxygen atoms in total. The summed E-state index contributed by atoms with van der Waals surface area (Å²) in [5.74, 6) is 1.00. The number of carbonyl (C=O) groups excluding carboxylic acids is 1. The van der Waals surface area contributed by atoms with Gasteiger partial charge in [-0.3, -0.25) is 4.79 Å². The summed E-state index contributed by atoms with van der Waals surface area (Å²) in [4.78, 5) is 19.7. The van der Waals surface area contributed by atoms with E-state index in [4.69, 9.17) is 10.5 Å². The molecule has 0 fully saturated rings. The highest BCUT2D eigenvalue weighted by Gasteiger charge is 2.03. The van der Waals surface area contributed by atoms with E-state index in [1.165, 1.54) is 11.8 Å². The highest BCUT2D eigenvalue weighted by Crippen LogP contribution is 2.14. The fourth-order valence-electron chi connectivity index (χ4n) is 1.31. The van der Waals surface area contributed by atoms with E-state index in [1.807, 2.05) is 6.26 Å². The van der Waals surface area contributed by atoms with Gasteiger partial charge in [0.25, 0.3) is 0 Å². The van der Waals surface area contributed by atoms with Gasteiger partial charge in [-0.1, -0.05) is 11.8 Å². The van der Waals surface area contributed by atoms with Gasteiger partial charge in [-0.2, -0.15) is 0 Å². The molecule has 19 heavy (non-hydrogen) atoms. The number of anilines is 2. The predicted molar refractivity (Wildman–Crippen MR) is 76.2 cm³/mol. The summed E-state index contributed by atoms with van der Waals surface area (Å²) in [6.45, 7) is 1.52. The normalized spacial score (nSPS) is 10.2. The average molecular weight is 285 g/mol. The Labute approximate surface area is 116 Å². The van der Waals surface area contributed by atoms with Gasteiger partial charge in [-0.15, -0.1) is 0 Å². The monoisotopic (exact) mass is 285 g/mol. The van der Waals surface area contributed by atoms with Crippen molar-refractivity contribution in [3.05, 3.63) is 6.07 Å². The SMILES string of the molecule is COCCNC(=O)CCNc1cc(N)nc(SC)n1. The third-order valence-electron chi connectivity index (χ3n) is 2.19. The molecule has 0 aromatic carbocycles. The Morgan fingerprint density at radius 2 is 2.26 bits per heavy atom. The fraction of sp³-hybridized carbons (Fsp3) is 0.545. The number of thioether (sulfide) groups is 1. The van der Waals surface area contributed by atoms with Crippen LogP contribution in [0.3, 0.4) is 0 Å². The van der Waals surface area contributed by atoms with E-state index in [0.717, 1.165) is 0 Å². The second kappa shape index (κ2) is 8.54. The summed E-state index contributed by atoms with van der Waals surface area (Å²) in [6, 6.07) is 1.64. The summed E-state index contributed by atoms with van der Waals surface area (Å²) in [6.07, 6.45) is 2.24. The van der Waals surface area contributed by atoms with Gasteiger partial charge in [0.05, 0.1) is 6.61 Å². The van der Waals surface area contributed by atoms with E-state index >= 15 is 0 Å². The first kappa shape index (κ1) is 15.5. The zero-order chi connectivity index (χ0) is 14.1. The van der Waals surface area contributed by atoms with Crippen molar-refractivity contribution in [2.75, 3.05) is 44.1 Å². The maximum absolute atomic E-state index is 11.4. The second-order valence-electron chi connectivity index (χ2n) is 3.68. The molecule has 1 aromatic heterocycles. The molecule has 1 aromatic rings. The van der Waals surface area contributed by atoms with Gasteiger partial charge in [0.2, 0.25) is 5.91 Å². The van der Waals surface area contributed by atoms with E-state index in [9.17, 15) is 4.79 Å². The quantitative estimate of drug-likeness (QED) is 0.360. The molecule has 0 spiro atoms. The second-order valence-corrected chi connectivity index (χ2v) is 4.46. The molecular weight excluding hydrogens is 266 g/mol. The predicted octanol–water partition coefficient (Wildman–Crippen LogP) is 0.345. The van der Waals surface area contributed by atoms with E-state index in [-0.39, 0.29) is 5.91 Å². The molecule has 106 valence electrons. The minimum atomic E-state index is -0.0309. The number of nitrogens with zero attached hydrogens (tertiary/aromatic N) is 2. The Morgan fingerprint density at radius 3 is 2.95 bits per heavy atom. The van der Waals surface area contributed by atoms with Crippen molar-refractivity contribution in [2.24, 2.45) is 0 Å². The van der Waals surface area contributed by atoms with Crippen molar-refractivity contribution >= 4 is 29.3 Å². The standard InChI is InChI=1S/C11H19N5O2S/c1-18-6-5-14-10(17)3-4-13-9-7-8(12)15-11(16-9)19-2/h7H,3-6H2,1-2H3,(H,14,17)(H3,12,13,15,16). The van der Waals surface area contributed by atoms with Gasteiger partial charge in [-0.25, -0.2) is 9.97 Å². The van der Waals surface area contributed by atoms with E-state index in [2.05, 4.69) is 20.6 Å². The molecule has 4 N–H and O–H groups in total. The van der Waals surface area contributed by atoms with Crippen LogP contribution in [0.25, 0.3) is 0 Å². The minimum absolute atomic E-state index is 0.0309. The van der Waals surface area contributed by atoms with Gasteiger partial charge in [0, 0.05) is 32.7 Å². The molecule has 1 heterocycles. The zero-order valence-corrected chi connectivity index (χ0v) is 11.9. The molecule has 8 heteroatoms. The molecule has 1 rings (SSSR count). The molecular formula is C11H19N5O2S. The molecule has 0 saturated carbocycles. The molecule has 1 amide bonds. The van der Waals surface area contributed by atoms with Crippen LogP contribution in [0.4, 0.5) is 11.6 Å². The van der Waals surface area contributed by atoms with Crippen LogP contribution in [-0.2, 0) is 9.53 Å². The Kier molecular flexibility index (Phi) is 6.98. The number of amides is 1. The number of hydrogen-bond donors (Lipinski definition) is 3. The van der Waals surface area contributed by atoms with Crippen LogP contribution in [-0.4, -0.2) is 48.9 Å². The number of nitrogens with one attached hydrogen (secondary N) is 2. The molecule has 0 bridgehead atoms. The van der Waals surface area contributed by atoms with Crippen molar-refractivity contribution in [2.45, 2.75) is 11.6 Å². The third kappa shape index (κ3) is 6.25. The van der Waals surface area contributed by atoms with Crippen molar-refractivity contribution in [3.63, 3.8) is 0 Å². The molecule has 0 radical (unpaired) electrons. The highest BCUT2D eigenvalue weighted by atomic mass is 32.2. The maximum Gasteiger partial charge on any atom is 0.221 e. The topological polar surface area (TPSA) is 102 Å². The van der Waals surface area contributed by atoms with Crippen LogP contribution in [0.1, 0.15) is 6.42 Å². The van der Waals surface area contributed by atoms with Crippen LogP contribution in [0.5, 0.6) is 0 Å². The minimum Gasteiger partial charge on any atom is -0.383 e. The molecule has 0 aliphatic heterocycles. The Balaban J connectivity index is 2.32. The lowest BCUT2D eigenvalue weighted by atomic mass is 10.4. The van der Waals surface area contributed by atoms with Crippen molar-refractivity contribution in [3.8, 4) is 0 Å². The lowest BCUT2D eigenvalue weighted by Crippen LogP contribution is -2.28. The number of ether oxygens (including phenoxy) is 1. The van der Waals surface area contributed by atoms with Crippen molar-refractivity contribution in [1.82, 2.24) is 15.3 Å². The Bertz CT molecular complexity index is 416. The molecule has 0 aliphatic carbocycles. The lowest BCUT2D eigenvalue weighted by Gasteiger charge is -2.08. The Hall–Kier alpha value is -1.54. The van der Waals surface area contributed by atoms with E-state index in [1.54, 1.807) is 13.2 Å². The summed E-state index contributed by atoms with van der Waals surface area (Å²) in [7, 11) is 1.59. The maximum atomic E-state index is 11.4. The van der Waals surface area contributed by atoms with Crippen LogP contribution < -0.4 is 16.4 Å². The number of nitrogen functional groups attached to an aromatic ring is 1. The number of aromatic nitrogens is 2. The fourth-order valence-corrected chi connectivity index (χ4v) is 1.70. The number of hydrogen-bond acceptors (Lipinski definition) is 7. The molecule has 0 atom stereocenters. The summed E-state index contributed by atoms with van der Waals surface area (Å²) in [5, 5.41) is 6.39. The van der Waals surface area contributed by atoms with Gasteiger partial charge in [0.15, 0.2) is 5.16 Å². The first-order chi connectivity index (χ1) is 9.15.